The number of amides is 2. The quantitative estimate of drug-likeness (QED) is 0.640. The number of fused-ring (bicyclic) bond motifs is 3. The summed E-state index contributed by atoms with van der Waals surface area (Å²) in [5.41, 5.74) is 4.69. The van der Waals surface area contributed by atoms with Crippen molar-refractivity contribution < 1.29 is 24.2 Å². The Morgan fingerprint density at radius 2 is 1.65 bits per heavy atom. The third-order valence-corrected chi connectivity index (χ3v) is 7.06. The summed E-state index contributed by atoms with van der Waals surface area (Å²) in [5.74, 6) is -0.972. The smallest absolute Gasteiger partial charge is 0.407 e. The van der Waals surface area contributed by atoms with Crippen molar-refractivity contribution >= 4 is 18.0 Å². The van der Waals surface area contributed by atoms with Crippen LogP contribution in [0.1, 0.15) is 36.3 Å². The number of carboxylic acid groups (broad SMARTS) is 1. The molecular weight excluding hydrogens is 432 g/mol. The molecule has 2 unspecified atom stereocenters. The molecule has 2 aromatic rings. The zero-order valence-corrected chi connectivity index (χ0v) is 18.9. The molecular formula is C27H28N2O5. The molecule has 2 N–H and O–H groups in total. The molecule has 5 rings (SSSR count). The van der Waals surface area contributed by atoms with E-state index in [9.17, 15) is 14.4 Å². The van der Waals surface area contributed by atoms with Crippen LogP contribution in [0.4, 0.5) is 4.79 Å². The SMILES string of the molecule is O=C(O)CC1CN(C(=O)C2CC=CC(NC(=O)OCC3c4ccccc4-c4ccccc43)C2)C1. The Morgan fingerprint density at radius 3 is 2.29 bits per heavy atom. The van der Waals surface area contributed by atoms with Gasteiger partial charge in [-0.3, -0.25) is 9.59 Å². The van der Waals surface area contributed by atoms with Crippen molar-refractivity contribution in [3.8, 4) is 11.1 Å². The maximum Gasteiger partial charge on any atom is 0.407 e. The first-order valence-electron chi connectivity index (χ1n) is 11.8. The molecule has 1 saturated heterocycles. The van der Waals surface area contributed by atoms with E-state index >= 15 is 0 Å². The number of hydrogen-bond donors (Lipinski definition) is 2. The molecule has 0 saturated carbocycles. The van der Waals surface area contributed by atoms with Crippen LogP contribution in [0.3, 0.4) is 0 Å². The third-order valence-electron chi connectivity index (χ3n) is 7.06. The normalized spacial score (nSPS) is 21.4. The topological polar surface area (TPSA) is 95.9 Å². The van der Waals surface area contributed by atoms with Crippen molar-refractivity contribution in [2.45, 2.75) is 31.2 Å². The lowest BCUT2D eigenvalue weighted by atomic mass is 9.87. The van der Waals surface area contributed by atoms with Gasteiger partial charge in [0.1, 0.15) is 6.61 Å². The molecule has 2 aromatic carbocycles. The minimum atomic E-state index is -0.829. The van der Waals surface area contributed by atoms with Crippen LogP contribution < -0.4 is 5.32 Å². The molecule has 1 heterocycles. The minimum Gasteiger partial charge on any atom is -0.481 e. The molecule has 2 aliphatic carbocycles. The van der Waals surface area contributed by atoms with Crippen molar-refractivity contribution in [3.63, 3.8) is 0 Å². The Morgan fingerprint density at radius 1 is 1.00 bits per heavy atom. The summed E-state index contributed by atoms with van der Waals surface area (Å²) in [6.07, 6.45) is 4.58. The summed E-state index contributed by atoms with van der Waals surface area (Å²) >= 11 is 0. The molecule has 7 nitrogen and oxygen atoms in total. The molecule has 2 atom stereocenters. The summed E-state index contributed by atoms with van der Waals surface area (Å²) in [5, 5.41) is 11.8. The number of benzene rings is 2. The Hall–Kier alpha value is -3.61. The van der Waals surface area contributed by atoms with Gasteiger partial charge in [0.2, 0.25) is 5.91 Å². The lowest BCUT2D eigenvalue weighted by molar-refractivity contribution is -0.147. The third kappa shape index (κ3) is 4.42. The summed E-state index contributed by atoms with van der Waals surface area (Å²) in [6.45, 7) is 1.24. The maximum atomic E-state index is 12.8. The molecule has 1 fully saturated rings. The van der Waals surface area contributed by atoms with Gasteiger partial charge in [-0.15, -0.1) is 0 Å². The summed E-state index contributed by atoms with van der Waals surface area (Å²) in [7, 11) is 0. The number of carbonyl (C=O) groups is 3. The molecule has 0 bridgehead atoms. The number of likely N-dealkylation sites (tertiary alicyclic amines) is 1. The van der Waals surface area contributed by atoms with E-state index in [-0.39, 0.29) is 42.7 Å². The predicted octanol–water partition coefficient (Wildman–Crippen LogP) is 3.79. The Balaban J connectivity index is 1.14. The average molecular weight is 461 g/mol. The highest BCUT2D eigenvalue weighted by molar-refractivity contribution is 5.81. The fourth-order valence-corrected chi connectivity index (χ4v) is 5.37. The highest BCUT2D eigenvalue weighted by Crippen LogP contribution is 2.44. The van der Waals surface area contributed by atoms with Gasteiger partial charge in [-0.2, -0.15) is 0 Å². The number of nitrogens with zero attached hydrogens (tertiary/aromatic N) is 1. The number of carbonyl (C=O) groups excluding carboxylic acids is 2. The molecule has 7 heteroatoms. The lowest BCUT2D eigenvalue weighted by Crippen LogP contribution is -2.53. The van der Waals surface area contributed by atoms with E-state index < -0.39 is 12.1 Å². The Labute approximate surface area is 198 Å². The summed E-state index contributed by atoms with van der Waals surface area (Å²) < 4.78 is 5.63. The second kappa shape index (κ2) is 9.33. The first-order valence-corrected chi connectivity index (χ1v) is 11.8. The zero-order valence-electron chi connectivity index (χ0n) is 18.9. The molecule has 2 amide bonds. The molecule has 34 heavy (non-hydrogen) atoms. The van der Waals surface area contributed by atoms with Crippen molar-refractivity contribution in [1.29, 1.82) is 0 Å². The van der Waals surface area contributed by atoms with E-state index in [0.717, 1.165) is 11.1 Å². The van der Waals surface area contributed by atoms with Crippen LogP contribution in [0.5, 0.6) is 0 Å². The van der Waals surface area contributed by atoms with E-state index in [4.69, 9.17) is 9.84 Å². The number of rotatable bonds is 6. The second-order valence-corrected chi connectivity index (χ2v) is 9.38. The van der Waals surface area contributed by atoms with Crippen molar-refractivity contribution in [3.05, 3.63) is 71.8 Å². The van der Waals surface area contributed by atoms with Gasteiger partial charge in [0.25, 0.3) is 0 Å². The number of allylic oxidation sites excluding steroid dienone is 1. The van der Waals surface area contributed by atoms with Crippen LogP contribution >= 0.6 is 0 Å². The van der Waals surface area contributed by atoms with Gasteiger partial charge in [0.05, 0.1) is 12.5 Å². The number of hydrogen-bond acceptors (Lipinski definition) is 4. The highest BCUT2D eigenvalue weighted by atomic mass is 16.5. The molecule has 3 aliphatic rings. The van der Waals surface area contributed by atoms with E-state index in [0.29, 0.717) is 25.9 Å². The van der Waals surface area contributed by atoms with Gasteiger partial charge in [-0.25, -0.2) is 4.79 Å². The lowest BCUT2D eigenvalue weighted by Gasteiger charge is -2.41. The van der Waals surface area contributed by atoms with Gasteiger partial charge in [-0.05, 0) is 35.1 Å². The minimum absolute atomic E-state index is 0.000427. The van der Waals surface area contributed by atoms with Crippen molar-refractivity contribution in [2.24, 2.45) is 11.8 Å². The standard InChI is InChI=1S/C27H28N2O5/c30-25(31)12-17-14-29(15-17)26(32)18-6-5-7-19(13-18)28-27(33)34-16-24-22-10-3-1-8-20(22)21-9-2-4-11-23(21)24/h1-5,7-11,17-19,24H,6,12-16H2,(H,28,33)(H,30,31). The first-order chi connectivity index (χ1) is 16.5. The molecule has 0 aromatic heterocycles. The fourth-order valence-electron chi connectivity index (χ4n) is 5.37. The van der Waals surface area contributed by atoms with E-state index in [1.54, 1.807) is 4.90 Å². The van der Waals surface area contributed by atoms with E-state index in [2.05, 4.69) is 29.6 Å². The maximum absolute atomic E-state index is 12.8. The number of ether oxygens (including phenoxy) is 1. The van der Waals surface area contributed by atoms with Crippen LogP contribution in [0, 0.1) is 11.8 Å². The van der Waals surface area contributed by atoms with E-state index in [1.807, 2.05) is 36.4 Å². The zero-order chi connectivity index (χ0) is 23.7. The Kier molecular flexibility index (Phi) is 6.09. The van der Waals surface area contributed by atoms with Crippen LogP contribution in [-0.2, 0) is 14.3 Å². The van der Waals surface area contributed by atoms with Gasteiger partial charge < -0.3 is 20.1 Å². The van der Waals surface area contributed by atoms with Crippen LogP contribution in [0.25, 0.3) is 11.1 Å². The van der Waals surface area contributed by atoms with Crippen LogP contribution in [-0.4, -0.2) is 53.7 Å². The van der Waals surface area contributed by atoms with Crippen LogP contribution in [0.15, 0.2) is 60.7 Å². The molecule has 176 valence electrons. The predicted molar refractivity (Wildman–Crippen MR) is 126 cm³/mol. The average Bonchev–Trinajstić information content (AvgIpc) is 3.13. The molecule has 0 radical (unpaired) electrons. The molecule has 0 spiro atoms. The van der Waals surface area contributed by atoms with Crippen molar-refractivity contribution in [1.82, 2.24) is 10.2 Å². The second-order valence-electron chi connectivity index (χ2n) is 9.38. The van der Waals surface area contributed by atoms with Gasteiger partial charge in [-0.1, -0.05) is 60.7 Å². The van der Waals surface area contributed by atoms with Crippen molar-refractivity contribution in [2.75, 3.05) is 19.7 Å². The van der Waals surface area contributed by atoms with E-state index in [1.165, 1.54) is 11.1 Å². The first kappa shape index (κ1) is 22.2. The number of alkyl carbamates (subject to hydrolysis) is 1. The summed E-state index contributed by atoms with van der Waals surface area (Å²) in [6, 6.07) is 16.1. The fraction of sp³-hybridized carbons (Fsp3) is 0.370. The molecule has 1 aliphatic heterocycles. The highest BCUT2D eigenvalue weighted by Gasteiger charge is 2.37. The number of aliphatic carboxylic acids is 1. The van der Waals surface area contributed by atoms with Crippen LogP contribution in [0.2, 0.25) is 0 Å². The van der Waals surface area contributed by atoms with Gasteiger partial charge in [0, 0.05) is 30.8 Å². The Bertz CT molecular complexity index is 1090. The van der Waals surface area contributed by atoms with Gasteiger partial charge in [0.15, 0.2) is 0 Å². The number of carboxylic acids is 1. The monoisotopic (exact) mass is 460 g/mol. The largest absolute Gasteiger partial charge is 0.481 e. The van der Waals surface area contributed by atoms with Gasteiger partial charge >= 0.3 is 12.1 Å². The summed E-state index contributed by atoms with van der Waals surface area (Å²) in [4.78, 5) is 37.9. The number of nitrogens with one attached hydrogen (secondary N) is 1.